The molecule has 0 atom stereocenters. The third-order valence-corrected chi connectivity index (χ3v) is 9.90. The van der Waals surface area contributed by atoms with Crippen LogP contribution in [-0.2, 0) is 5.41 Å². The average Bonchev–Trinajstić information content (AvgIpc) is 2.95. The summed E-state index contributed by atoms with van der Waals surface area (Å²) in [7, 11) is -1.63. The van der Waals surface area contributed by atoms with Crippen LogP contribution >= 0.6 is 0 Å². The largest absolute Gasteiger partial charge is 0.256 e. The van der Waals surface area contributed by atoms with Crippen molar-refractivity contribution in [2.45, 2.75) is 39.3 Å². The Balaban J connectivity index is 1.94. The van der Waals surface area contributed by atoms with Crippen LogP contribution in [0.15, 0.2) is 48.7 Å². The summed E-state index contributed by atoms with van der Waals surface area (Å²) in [5.41, 5.74) is 9.69. The molecular formula is C23H23NSi. The molecule has 0 N–H and O–H groups in total. The van der Waals surface area contributed by atoms with E-state index in [1.165, 1.54) is 39.1 Å². The van der Waals surface area contributed by atoms with E-state index in [0.29, 0.717) is 0 Å². The molecule has 0 spiro atoms. The molecule has 1 aromatic heterocycles. The Morgan fingerprint density at radius 3 is 2.48 bits per heavy atom. The molecule has 1 aliphatic carbocycles. The van der Waals surface area contributed by atoms with Gasteiger partial charge >= 0.3 is 0 Å². The van der Waals surface area contributed by atoms with E-state index in [2.05, 4.69) is 76.3 Å². The fraction of sp³-hybridized carbons (Fsp3) is 0.261. The second-order valence-corrected chi connectivity index (χ2v) is 12.9. The summed E-state index contributed by atoms with van der Waals surface area (Å²) >= 11 is 0. The Morgan fingerprint density at radius 2 is 1.68 bits per heavy atom. The van der Waals surface area contributed by atoms with E-state index in [1.807, 2.05) is 6.20 Å². The van der Waals surface area contributed by atoms with Gasteiger partial charge in [0.1, 0.15) is 8.07 Å². The Hall–Kier alpha value is -2.19. The Kier molecular flexibility index (Phi) is 2.72. The van der Waals surface area contributed by atoms with Gasteiger partial charge in [0.15, 0.2) is 0 Å². The monoisotopic (exact) mass is 341 g/mol. The number of nitrogens with zero attached hydrogens (tertiary/aromatic N) is 1. The molecule has 0 radical (unpaired) electrons. The van der Waals surface area contributed by atoms with Gasteiger partial charge in [0.25, 0.3) is 0 Å². The summed E-state index contributed by atoms with van der Waals surface area (Å²) in [5, 5.41) is 3.17. The summed E-state index contributed by atoms with van der Waals surface area (Å²) in [4.78, 5) is 4.74. The van der Waals surface area contributed by atoms with Crippen LogP contribution in [0.2, 0.25) is 13.1 Å². The molecule has 0 unspecified atom stereocenters. The lowest BCUT2D eigenvalue weighted by Crippen LogP contribution is -2.49. The van der Waals surface area contributed by atoms with Gasteiger partial charge in [0.2, 0.25) is 0 Å². The number of aryl methyl sites for hydroxylation is 1. The molecule has 2 aliphatic rings. The van der Waals surface area contributed by atoms with Crippen molar-refractivity contribution >= 4 is 18.4 Å². The highest BCUT2D eigenvalue weighted by Gasteiger charge is 2.45. The lowest BCUT2D eigenvalue weighted by molar-refractivity contribution is 0.661. The highest BCUT2D eigenvalue weighted by molar-refractivity contribution is 7.03. The van der Waals surface area contributed by atoms with E-state index in [-0.39, 0.29) is 5.41 Å². The molecule has 2 heteroatoms. The molecule has 0 saturated heterocycles. The lowest BCUT2D eigenvalue weighted by atomic mass is 9.79. The first-order valence-electron chi connectivity index (χ1n) is 9.09. The number of rotatable bonds is 0. The zero-order chi connectivity index (χ0) is 17.6. The van der Waals surface area contributed by atoms with Crippen LogP contribution < -0.4 is 10.4 Å². The van der Waals surface area contributed by atoms with Gasteiger partial charge in [0.05, 0.1) is 5.69 Å². The molecule has 0 saturated carbocycles. The molecule has 2 aromatic carbocycles. The van der Waals surface area contributed by atoms with Crippen LogP contribution in [0.5, 0.6) is 0 Å². The van der Waals surface area contributed by atoms with Crippen molar-refractivity contribution < 1.29 is 0 Å². The maximum atomic E-state index is 4.74. The van der Waals surface area contributed by atoms with Crippen molar-refractivity contribution in [3.05, 3.63) is 65.4 Å². The van der Waals surface area contributed by atoms with E-state index < -0.39 is 8.07 Å². The number of pyridine rings is 1. The van der Waals surface area contributed by atoms with Gasteiger partial charge in [-0.25, -0.2) is 0 Å². The van der Waals surface area contributed by atoms with Crippen molar-refractivity contribution in [3.63, 3.8) is 0 Å². The SMILES string of the molecule is Cc1ccc2c(c1)-c1c(ccc3c1C(C)(C)c1cccnc1-3)[Si]2(C)C. The summed E-state index contributed by atoms with van der Waals surface area (Å²) < 4.78 is 0. The first-order valence-corrected chi connectivity index (χ1v) is 12.1. The normalized spacial score (nSPS) is 17.6. The third kappa shape index (κ3) is 1.71. The molecule has 0 bridgehead atoms. The highest BCUT2D eigenvalue weighted by atomic mass is 28.3. The molecule has 1 nitrogen and oxygen atoms in total. The smallest absolute Gasteiger partial charge is 0.113 e. The number of hydrogen-bond donors (Lipinski definition) is 0. The first kappa shape index (κ1) is 15.1. The second kappa shape index (κ2) is 4.50. The lowest BCUT2D eigenvalue weighted by Gasteiger charge is -2.25. The molecular weight excluding hydrogens is 318 g/mol. The quantitative estimate of drug-likeness (QED) is 0.549. The van der Waals surface area contributed by atoms with Crippen LogP contribution in [0.4, 0.5) is 0 Å². The standard InChI is InChI=1S/C23H23NSi/c1-14-8-10-18-16(13-14)20-19(25(18,4)5)11-9-15-21(20)23(2,3)17-7-6-12-24-22(15)17/h6-13H,1-5H3. The van der Waals surface area contributed by atoms with Crippen molar-refractivity contribution in [1.29, 1.82) is 0 Å². The van der Waals surface area contributed by atoms with Gasteiger partial charge < -0.3 is 0 Å². The molecule has 124 valence electrons. The maximum absolute atomic E-state index is 4.74. The third-order valence-electron chi connectivity index (χ3n) is 6.36. The van der Waals surface area contributed by atoms with E-state index in [9.17, 15) is 0 Å². The minimum absolute atomic E-state index is 0.000105. The number of benzene rings is 2. The summed E-state index contributed by atoms with van der Waals surface area (Å²) in [6, 6.07) is 16.1. The highest BCUT2D eigenvalue weighted by Crippen LogP contribution is 2.51. The summed E-state index contributed by atoms with van der Waals surface area (Å²) in [6.45, 7) is 11.9. The van der Waals surface area contributed by atoms with Crippen LogP contribution in [0.1, 0.15) is 30.5 Å². The van der Waals surface area contributed by atoms with Crippen LogP contribution in [0.3, 0.4) is 0 Å². The minimum Gasteiger partial charge on any atom is -0.256 e. The van der Waals surface area contributed by atoms with Gasteiger partial charge in [-0.15, -0.1) is 0 Å². The Morgan fingerprint density at radius 1 is 0.920 bits per heavy atom. The molecule has 0 fully saturated rings. The van der Waals surface area contributed by atoms with Crippen molar-refractivity contribution in [3.8, 4) is 22.4 Å². The van der Waals surface area contributed by atoms with E-state index in [0.717, 1.165) is 0 Å². The summed E-state index contributed by atoms with van der Waals surface area (Å²) in [5.74, 6) is 0. The number of fused-ring (bicyclic) bond motifs is 7. The zero-order valence-corrected chi connectivity index (χ0v) is 16.6. The molecule has 25 heavy (non-hydrogen) atoms. The summed E-state index contributed by atoms with van der Waals surface area (Å²) in [6.07, 6.45) is 1.92. The average molecular weight is 342 g/mol. The molecule has 5 rings (SSSR count). The molecule has 3 aromatic rings. The van der Waals surface area contributed by atoms with Gasteiger partial charge in [0, 0.05) is 17.2 Å². The zero-order valence-electron chi connectivity index (χ0n) is 15.6. The number of aromatic nitrogens is 1. The first-order chi connectivity index (χ1) is 11.8. The topological polar surface area (TPSA) is 12.9 Å². The Labute approximate surface area is 150 Å². The van der Waals surface area contributed by atoms with Crippen molar-refractivity contribution in [1.82, 2.24) is 4.98 Å². The van der Waals surface area contributed by atoms with Gasteiger partial charge in [-0.2, -0.15) is 0 Å². The maximum Gasteiger partial charge on any atom is 0.113 e. The van der Waals surface area contributed by atoms with E-state index in [4.69, 9.17) is 4.98 Å². The van der Waals surface area contributed by atoms with E-state index >= 15 is 0 Å². The molecule has 2 heterocycles. The fourth-order valence-electron chi connectivity index (χ4n) is 5.06. The van der Waals surface area contributed by atoms with Crippen molar-refractivity contribution in [2.24, 2.45) is 0 Å². The minimum atomic E-state index is -1.63. The predicted molar refractivity (Wildman–Crippen MR) is 109 cm³/mol. The van der Waals surface area contributed by atoms with Gasteiger partial charge in [-0.1, -0.05) is 68.9 Å². The van der Waals surface area contributed by atoms with Gasteiger partial charge in [-0.05, 0) is 45.6 Å². The fourth-order valence-corrected chi connectivity index (χ4v) is 8.11. The Bertz CT molecular complexity index is 1060. The van der Waals surface area contributed by atoms with Crippen LogP contribution in [0, 0.1) is 6.92 Å². The van der Waals surface area contributed by atoms with Crippen molar-refractivity contribution in [2.75, 3.05) is 0 Å². The van der Waals surface area contributed by atoms with Gasteiger partial charge in [-0.3, -0.25) is 4.98 Å². The molecule has 1 aliphatic heterocycles. The van der Waals surface area contributed by atoms with E-state index in [1.54, 1.807) is 10.4 Å². The molecule has 0 amide bonds. The van der Waals surface area contributed by atoms with Crippen LogP contribution in [0.25, 0.3) is 22.4 Å². The van der Waals surface area contributed by atoms with Crippen LogP contribution in [-0.4, -0.2) is 13.1 Å². The predicted octanol–water partition coefficient (Wildman–Crippen LogP) is 4.50. The number of hydrogen-bond acceptors (Lipinski definition) is 1. The second-order valence-electron chi connectivity index (χ2n) is 8.61.